The van der Waals surface area contributed by atoms with E-state index in [9.17, 15) is 4.79 Å². The van der Waals surface area contributed by atoms with Gasteiger partial charge in [-0.2, -0.15) is 0 Å². The molecule has 0 fully saturated rings. The van der Waals surface area contributed by atoms with Crippen molar-refractivity contribution in [1.29, 1.82) is 0 Å². The molecule has 1 rings (SSSR count). The third-order valence-electron chi connectivity index (χ3n) is 2.33. The number of nitrogens with two attached hydrogens (primary N) is 1. The van der Waals surface area contributed by atoms with Crippen molar-refractivity contribution < 1.29 is 4.79 Å². The molecule has 7 heteroatoms. The first kappa shape index (κ1) is 12.6. The number of hydrogen-bond donors (Lipinski definition) is 1. The fraction of sp³-hybridized carbons (Fsp3) is 0.778. The first-order valence-corrected chi connectivity index (χ1v) is 5.09. The second-order valence-electron chi connectivity index (χ2n) is 4.63. The fourth-order valence-electron chi connectivity index (χ4n) is 1.31. The molecule has 16 heavy (non-hydrogen) atoms. The van der Waals surface area contributed by atoms with Crippen LogP contribution in [0.2, 0.25) is 0 Å². The third-order valence-corrected chi connectivity index (χ3v) is 2.33. The van der Waals surface area contributed by atoms with Crippen molar-refractivity contribution in [3.8, 4) is 0 Å². The van der Waals surface area contributed by atoms with Crippen molar-refractivity contribution in [2.24, 2.45) is 11.1 Å². The minimum Gasteiger partial charge on any atom is -0.344 e. The monoisotopic (exact) mass is 226 g/mol. The largest absolute Gasteiger partial charge is 0.344 e. The zero-order valence-electron chi connectivity index (χ0n) is 9.92. The Bertz CT molecular complexity index is 334. The lowest BCUT2D eigenvalue weighted by atomic mass is 9.93. The van der Waals surface area contributed by atoms with Gasteiger partial charge in [0.15, 0.2) is 0 Å². The van der Waals surface area contributed by atoms with E-state index in [0.717, 1.165) is 0 Å². The van der Waals surface area contributed by atoms with Gasteiger partial charge in [-0.25, -0.2) is 4.68 Å². The van der Waals surface area contributed by atoms with Crippen molar-refractivity contribution in [2.75, 3.05) is 20.1 Å². The highest BCUT2D eigenvalue weighted by atomic mass is 16.2. The Labute approximate surface area is 94.6 Å². The number of likely N-dealkylation sites (N-methyl/N-ethyl adjacent to an activating group) is 1. The SMILES string of the molecule is CN(CC(C)(C)CN)C(=O)Cn1cnnn1. The standard InChI is InChI=1S/C9H18N6O/c1-9(2,5-10)6-14(3)8(16)4-15-7-11-12-13-15/h7H,4-6,10H2,1-3H3. The predicted molar refractivity (Wildman–Crippen MR) is 58.3 cm³/mol. The van der Waals surface area contributed by atoms with Crippen LogP contribution >= 0.6 is 0 Å². The van der Waals surface area contributed by atoms with Gasteiger partial charge in [-0.15, -0.1) is 5.10 Å². The van der Waals surface area contributed by atoms with E-state index in [1.54, 1.807) is 11.9 Å². The van der Waals surface area contributed by atoms with Gasteiger partial charge in [-0.3, -0.25) is 4.79 Å². The summed E-state index contributed by atoms with van der Waals surface area (Å²) >= 11 is 0. The van der Waals surface area contributed by atoms with E-state index in [4.69, 9.17) is 5.73 Å². The molecule has 90 valence electrons. The lowest BCUT2D eigenvalue weighted by Gasteiger charge is -2.28. The molecule has 1 amide bonds. The molecule has 0 saturated heterocycles. The van der Waals surface area contributed by atoms with Crippen LogP contribution in [0.15, 0.2) is 6.33 Å². The summed E-state index contributed by atoms with van der Waals surface area (Å²) in [6.45, 7) is 5.35. The molecule has 2 N–H and O–H groups in total. The second-order valence-corrected chi connectivity index (χ2v) is 4.63. The van der Waals surface area contributed by atoms with Crippen LogP contribution in [0.1, 0.15) is 13.8 Å². The molecule has 1 heterocycles. The Morgan fingerprint density at radius 3 is 2.75 bits per heavy atom. The van der Waals surface area contributed by atoms with E-state index in [0.29, 0.717) is 13.1 Å². The summed E-state index contributed by atoms with van der Waals surface area (Å²) in [5.41, 5.74) is 5.54. The zero-order chi connectivity index (χ0) is 12.2. The van der Waals surface area contributed by atoms with Gasteiger partial charge < -0.3 is 10.6 Å². The van der Waals surface area contributed by atoms with Crippen molar-refractivity contribution in [2.45, 2.75) is 20.4 Å². The molecule has 0 aromatic carbocycles. The van der Waals surface area contributed by atoms with Crippen LogP contribution in [-0.4, -0.2) is 51.2 Å². The molecule has 0 atom stereocenters. The minimum atomic E-state index is -0.0783. The van der Waals surface area contributed by atoms with Crippen LogP contribution in [0.4, 0.5) is 0 Å². The topological polar surface area (TPSA) is 89.9 Å². The molecule has 0 unspecified atom stereocenters. The van der Waals surface area contributed by atoms with E-state index >= 15 is 0 Å². The van der Waals surface area contributed by atoms with Gasteiger partial charge in [-0.05, 0) is 22.4 Å². The minimum absolute atomic E-state index is 0.0335. The van der Waals surface area contributed by atoms with Gasteiger partial charge in [0.2, 0.25) is 5.91 Å². The normalized spacial score (nSPS) is 11.5. The smallest absolute Gasteiger partial charge is 0.244 e. The van der Waals surface area contributed by atoms with Gasteiger partial charge in [0.05, 0.1) is 0 Å². The van der Waals surface area contributed by atoms with Crippen molar-refractivity contribution in [1.82, 2.24) is 25.1 Å². The number of nitrogens with zero attached hydrogens (tertiary/aromatic N) is 5. The van der Waals surface area contributed by atoms with E-state index < -0.39 is 0 Å². The summed E-state index contributed by atoms with van der Waals surface area (Å²) in [6, 6.07) is 0. The van der Waals surface area contributed by atoms with Crippen molar-refractivity contribution in [3.63, 3.8) is 0 Å². The molecule has 1 aromatic rings. The molecule has 0 aliphatic rings. The Morgan fingerprint density at radius 2 is 2.25 bits per heavy atom. The Morgan fingerprint density at radius 1 is 1.56 bits per heavy atom. The Hall–Kier alpha value is -1.50. The van der Waals surface area contributed by atoms with E-state index in [1.807, 2.05) is 13.8 Å². The molecule has 0 bridgehead atoms. The van der Waals surface area contributed by atoms with Gasteiger partial charge >= 0.3 is 0 Å². The average Bonchev–Trinajstić information content (AvgIpc) is 2.69. The maximum atomic E-state index is 11.8. The molecule has 0 aliphatic carbocycles. The molecule has 0 radical (unpaired) electrons. The summed E-state index contributed by atoms with van der Waals surface area (Å²) in [4.78, 5) is 13.4. The van der Waals surface area contributed by atoms with Crippen LogP contribution in [0.3, 0.4) is 0 Å². The average molecular weight is 226 g/mol. The van der Waals surface area contributed by atoms with Crippen molar-refractivity contribution >= 4 is 5.91 Å². The van der Waals surface area contributed by atoms with Crippen LogP contribution in [0, 0.1) is 5.41 Å². The Balaban J connectivity index is 2.48. The second kappa shape index (κ2) is 5.02. The van der Waals surface area contributed by atoms with Crippen LogP contribution in [0.25, 0.3) is 0 Å². The number of tetrazole rings is 1. The lowest BCUT2D eigenvalue weighted by Crippen LogP contribution is -2.41. The summed E-state index contributed by atoms with van der Waals surface area (Å²) in [5, 5.41) is 10.6. The molecule has 1 aromatic heterocycles. The fourth-order valence-corrected chi connectivity index (χ4v) is 1.31. The molecule has 7 nitrogen and oxygen atoms in total. The van der Waals surface area contributed by atoms with Gasteiger partial charge in [0.1, 0.15) is 12.9 Å². The number of aromatic nitrogens is 4. The van der Waals surface area contributed by atoms with Crippen LogP contribution < -0.4 is 5.73 Å². The molecule has 0 saturated carbocycles. The maximum absolute atomic E-state index is 11.8. The highest BCUT2D eigenvalue weighted by Crippen LogP contribution is 2.13. The van der Waals surface area contributed by atoms with Crippen molar-refractivity contribution in [3.05, 3.63) is 6.33 Å². The van der Waals surface area contributed by atoms with E-state index in [2.05, 4.69) is 15.5 Å². The summed E-state index contributed by atoms with van der Waals surface area (Å²) in [5.74, 6) is -0.0335. The first-order chi connectivity index (χ1) is 7.44. The van der Waals surface area contributed by atoms with Gasteiger partial charge in [0, 0.05) is 13.6 Å². The van der Waals surface area contributed by atoms with Gasteiger partial charge in [0.25, 0.3) is 0 Å². The number of hydrogen-bond acceptors (Lipinski definition) is 5. The maximum Gasteiger partial charge on any atom is 0.244 e. The summed E-state index contributed by atoms with van der Waals surface area (Å²) in [6.07, 6.45) is 1.42. The van der Waals surface area contributed by atoms with Crippen LogP contribution in [-0.2, 0) is 11.3 Å². The highest BCUT2D eigenvalue weighted by Gasteiger charge is 2.21. The number of carbonyl (C=O) groups is 1. The lowest BCUT2D eigenvalue weighted by molar-refractivity contribution is -0.131. The summed E-state index contributed by atoms with van der Waals surface area (Å²) < 4.78 is 1.40. The van der Waals surface area contributed by atoms with Gasteiger partial charge in [-0.1, -0.05) is 13.8 Å². The molecule has 0 spiro atoms. The Kier molecular flexibility index (Phi) is 3.94. The van der Waals surface area contributed by atoms with Crippen LogP contribution in [0.5, 0.6) is 0 Å². The highest BCUT2D eigenvalue weighted by molar-refractivity contribution is 5.75. The quantitative estimate of drug-likeness (QED) is 0.704. The zero-order valence-corrected chi connectivity index (χ0v) is 9.92. The summed E-state index contributed by atoms with van der Waals surface area (Å²) in [7, 11) is 1.75. The number of rotatable bonds is 5. The molecular formula is C9H18N6O. The molecule has 0 aliphatic heterocycles. The van der Waals surface area contributed by atoms with E-state index in [1.165, 1.54) is 11.0 Å². The van der Waals surface area contributed by atoms with E-state index in [-0.39, 0.29) is 17.9 Å². The number of carbonyl (C=O) groups excluding carboxylic acids is 1. The predicted octanol–water partition coefficient (Wildman–Crippen LogP) is -0.884. The first-order valence-electron chi connectivity index (χ1n) is 5.09. The third kappa shape index (κ3) is 3.58. The number of amides is 1. The molecular weight excluding hydrogens is 208 g/mol.